The summed E-state index contributed by atoms with van der Waals surface area (Å²) < 4.78 is 0. The smallest absolute Gasteiger partial charge is 0.208 e. The van der Waals surface area contributed by atoms with Gasteiger partial charge in [-0.2, -0.15) is 0 Å². The van der Waals surface area contributed by atoms with Crippen LogP contribution in [-0.4, -0.2) is 30.5 Å². The zero-order valence-corrected chi connectivity index (χ0v) is 11.0. The summed E-state index contributed by atoms with van der Waals surface area (Å²) in [6.45, 7) is 11.9. The van der Waals surface area contributed by atoms with Crippen molar-refractivity contribution in [1.29, 1.82) is 0 Å². The maximum Gasteiger partial charge on any atom is 0.208 e. The molecule has 94 valence electrons. The van der Waals surface area contributed by atoms with Gasteiger partial charge in [-0.1, -0.05) is 27.7 Å². The van der Waals surface area contributed by atoms with Gasteiger partial charge in [-0.15, -0.1) is 0 Å². The maximum absolute atomic E-state index is 5.54. The highest BCUT2D eigenvalue weighted by molar-refractivity contribution is 5.79. The Kier molecular flexibility index (Phi) is 5.06. The van der Waals surface area contributed by atoms with Gasteiger partial charge in [0.25, 0.3) is 0 Å². The number of aliphatic imine (C=N–C) groups is 1. The second kappa shape index (κ2) is 6.09. The lowest BCUT2D eigenvalue weighted by Gasteiger charge is -2.21. The molecule has 0 radical (unpaired) electrons. The van der Waals surface area contributed by atoms with Crippen LogP contribution in [-0.2, 0) is 0 Å². The Hall–Kier alpha value is -0.770. The van der Waals surface area contributed by atoms with Crippen molar-refractivity contribution in [3.63, 3.8) is 0 Å². The van der Waals surface area contributed by atoms with E-state index in [2.05, 4.69) is 43.0 Å². The molecule has 0 saturated carbocycles. The molecule has 0 aromatic rings. The van der Waals surface area contributed by atoms with E-state index in [0.717, 1.165) is 37.4 Å². The molecule has 0 aromatic heterocycles. The summed E-state index contributed by atoms with van der Waals surface area (Å²) in [5.41, 5.74) is 2.73. The number of hydrogen-bond acceptors (Lipinski definition) is 2. The molecule has 4 heteroatoms. The van der Waals surface area contributed by atoms with Gasteiger partial charge in [0.1, 0.15) is 0 Å². The van der Waals surface area contributed by atoms with E-state index < -0.39 is 0 Å². The van der Waals surface area contributed by atoms with Crippen LogP contribution in [0.3, 0.4) is 0 Å². The van der Waals surface area contributed by atoms with Crippen molar-refractivity contribution in [2.75, 3.05) is 19.6 Å². The van der Waals surface area contributed by atoms with Gasteiger partial charge in [-0.3, -0.25) is 10.4 Å². The van der Waals surface area contributed by atoms with Crippen LogP contribution < -0.4 is 11.3 Å². The zero-order chi connectivity index (χ0) is 12.1. The Balaban J connectivity index is 2.52. The summed E-state index contributed by atoms with van der Waals surface area (Å²) in [5, 5.41) is 0. The van der Waals surface area contributed by atoms with Crippen LogP contribution in [0.4, 0.5) is 0 Å². The normalized spacial score (nSPS) is 22.3. The predicted octanol–water partition coefficient (Wildman–Crippen LogP) is 1.44. The molecule has 1 fully saturated rings. The Morgan fingerprint density at radius 2 is 2.12 bits per heavy atom. The molecule has 0 bridgehead atoms. The fourth-order valence-electron chi connectivity index (χ4n) is 2.03. The summed E-state index contributed by atoms with van der Waals surface area (Å²) in [6.07, 6.45) is 1.25. The van der Waals surface area contributed by atoms with Gasteiger partial charge >= 0.3 is 0 Å². The quantitative estimate of drug-likeness (QED) is 0.331. The maximum atomic E-state index is 5.54. The number of nitrogens with zero attached hydrogens (tertiary/aromatic N) is 2. The van der Waals surface area contributed by atoms with Crippen LogP contribution >= 0.6 is 0 Å². The molecule has 3 N–H and O–H groups in total. The summed E-state index contributed by atoms with van der Waals surface area (Å²) >= 11 is 0. The minimum absolute atomic E-state index is 0.576. The fraction of sp³-hybridized carbons (Fsp3) is 0.917. The van der Waals surface area contributed by atoms with Crippen molar-refractivity contribution in [3.8, 4) is 0 Å². The van der Waals surface area contributed by atoms with E-state index in [-0.39, 0.29) is 0 Å². The monoisotopic (exact) mass is 226 g/mol. The highest BCUT2D eigenvalue weighted by Gasteiger charge is 2.26. The first-order valence-corrected chi connectivity index (χ1v) is 6.30. The molecule has 1 rings (SSSR count). The first kappa shape index (κ1) is 13.3. The van der Waals surface area contributed by atoms with Gasteiger partial charge in [0, 0.05) is 19.6 Å². The molecule has 0 amide bonds. The van der Waals surface area contributed by atoms with Crippen LogP contribution in [0.2, 0.25) is 0 Å². The number of nitrogens with two attached hydrogens (primary N) is 1. The Morgan fingerprint density at radius 1 is 1.44 bits per heavy atom. The van der Waals surface area contributed by atoms with Crippen molar-refractivity contribution in [2.24, 2.45) is 28.6 Å². The lowest BCUT2D eigenvalue weighted by molar-refractivity contribution is 0.383. The number of nitrogens with one attached hydrogen (secondary N) is 1. The third-order valence-corrected chi connectivity index (χ3v) is 3.20. The second-order valence-electron chi connectivity index (χ2n) is 5.44. The van der Waals surface area contributed by atoms with Gasteiger partial charge in [-0.05, 0) is 24.2 Å². The molecule has 1 aliphatic heterocycles. The summed E-state index contributed by atoms with van der Waals surface area (Å²) in [6, 6.07) is 0. The summed E-state index contributed by atoms with van der Waals surface area (Å²) in [7, 11) is 0. The van der Waals surface area contributed by atoms with Crippen LogP contribution in [0.15, 0.2) is 4.99 Å². The summed E-state index contributed by atoms with van der Waals surface area (Å²) in [5.74, 6) is 8.49. The van der Waals surface area contributed by atoms with E-state index in [1.54, 1.807) is 0 Å². The molecule has 1 heterocycles. The van der Waals surface area contributed by atoms with Gasteiger partial charge in [0.05, 0.1) is 0 Å². The molecule has 1 atom stereocenters. The van der Waals surface area contributed by atoms with Gasteiger partial charge in [0.2, 0.25) is 5.96 Å². The third kappa shape index (κ3) is 3.67. The van der Waals surface area contributed by atoms with Crippen molar-refractivity contribution < 1.29 is 0 Å². The number of hydrogen-bond donors (Lipinski definition) is 2. The number of guanidine groups is 1. The van der Waals surface area contributed by atoms with Gasteiger partial charge < -0.3 is 4.90 Å². The number of rotatable bonds is 3. The van der Waals surface area contributed by atoms with E-state index in [9.17, 15) is 0 Å². The molecule has 1 saturated heterocycles. The van der Waals surface area contributed by atoms with E-state index in [1.165, 1.54) is 6.42 Å². The van der Waals surface area contributed by atoms with Gasteiger partial charge in [-0.25, -0.2) is 5.84 Å². The molecule has 0 aliphatic carbocycles. The van der Waals surface area contributed by atoms with E-state index in [4.69, 9.17) is 5.84 Å². The minimum atomic E-state index is 0.576. The van der Waals surface area contributed by atoms with Gasteiger partial charge in [0.15, 0.2) is 0 Å². The molecule has 1 aliphatic rings. The highest BCUT2D eigenvalue weighted by Crippen LogP contribution is 2.23. The first-order chi connectivity index (χ1) is 7.54. The molecule has 16 heavy (non-hydrogen) atoms. The number of hydrazine groups is 1. The van der Waals surface area contributed by atoms with Crippen molar-refractivity contribution in [1.82, 2.24) is 10.3 Å². The molecule has 0 spiro atoms. The zero-order valence-electron chi connectivity index (χ0n) is 11.0. The Morgan fingerprint density at radius 3 is 2.56 bits per heavy atom. The Bertz CT molecular complexity index is 235. The number of likely N-dealkylation sites (tertiary alicyclic amines) is 1. The molecular weight excluding hydrogens is 200 g/mol. The Labute approximate surface area is 99.3 Å². The van der Waals surface area contributed by atoms with E-state index in [1.807, 2.05) is 0 Å². The lowest BCUT2D eigenvalue weighted by atomic mass is 9.95. The van der Waals surface area contributed by atoms with Crippen molar-refractivity contribution >= 4 is 5.96 Å². The first-order valence-electron chi connectivity index (χ1n) is 6.30. The van der Waals surface area contributed by atoms with E-state index in [0.29, 0.717) is 5.92 Å². The minimum Gasteiger partial charge on any atom is -0.342 e. The average molecular weight is 226 g/mol. The summed E-state index contributed by atoms with van der Waals surface area (Å²) in [4.78, 5) is 6.79. The molecule has 0 aromatic carbocycles. The van der Waals surface area contributed by atoms with E-state index >= 15 is 0 Å². The van der Waals surface area contributed by atoms with Crippen LogP contribution in [0.5, 0.6) is 0 Å². The highest BCUT2D eigenvalue weighted by atomic mass is 15.4. The topological polar surface area (TPSA) is 53.6 Å². The lowest BCUT2D eigenvalue weighted by Crippen LogP contribution is -2.44. The van der Waals surface area contributed by atoms with Crippen molar-refractivity contribution in [2.45, 2.75) is 34.1 Å². The van der Waals surface area contributed by atoms with Crippen molar-refractivity contribution in [3.05, 3.63) is 0 Å². The van der Waals surface area contributed by atoms with Crippen LogP contribution in [0, 0.1) is 17.8 Å². The van der Waals surface area contributed by atoms with Crippen LogP contribution in [0.1, 0.15) is 34.1 Å². The predicted molar refractivity (Wildman–Crippen MR) is 69.0 cm³/mol. The third-order valence-electron chi connectivity index (χ3n) is 3.20. The molecule has 4 nitrogen and oxygen atoms in total. The largest absolute Gasteiger partial charge is 0.342 e. The molecular formula is C12H26N4. The average Bonchev–Trinajstić information content (AvgIpc) is 2.67. The second-order valence-corrected chi connectivity index (χ2v) is 5.44. The fourth-order valence-corrected chi connectivity index (χ4v) is 2.03. The molecule has 1 unspecified atom stereocenters. The van der Waals surface area contributed by atoms with Crippen LogP contribution in [0.25, 0.3) is 0 Å². The SMILES string of the molecule is CC(C)CN=C(NN)N1CCC(C(C)C)C1. The standard InChI is InChI=1S/C12H26N4/c1-9(2)7-14-12(15-13)16-6-5-11(8-16)10(3)4/h9-11H,5-8,13H2,1-4H3,(H,14,15).